The minimum atomic E-state index is -2.40. The first kappa shape index (κ1) is 20.5. The molecule has 2 aromatic carbocycles. The first-order valence-electron chi connectivity index (χ1n) is 8.84. The summed E-state index contributed by atoms with van der Waals surface area (Å²) in [5.41, 5.74) is 2.37. The second-order valence-electron chi connectivity index (χ2n) is 6.56. The molecule has 3 nitrogen and oxygen atoms in total. The number of rotatable bonds is 8. The van der Waals surface area contributed by atoms with Crippen molar-refractivity contribution in [1.82, 2.24) is 0 Å². The highest BCUT2D eigenvalue weighted by Gasteiger charge is 2.62. The van der Waals surface area contributed by atoms with Crippen molar-refractivity contribution in [3.8, 4) is 0 Å². The van der Waals surface area contributed by atoms with Crippen molar-refractivity contribution in [3.63, 3.8) is 0 Å². The van der Waals surface area contributed by atoms with Gasteiger partial charge in [-0.15, -0.1) is 0 Å². The number of alkyl halides is 1. The van der Waals surface area contributed by atoms with Crippen LogP contribution in [-0.4, -0.2) is 21.9 Å². The largest absolute Gasteiger partial charge is 0.480 e. The number of carboxylic acid groups (broad SMARTS) is 1. The zero-order chi connectivity index (χ0) is 19.4. The van der Waals surface area contributed by atoms with E-state index in [2.05, 4.69) is 12.6 Å². The second kappa shape index (κ2) is 8.23. The number of halogens is 1. The third-order valence-electron chi connectivity index (χ3n) is 5.17. The van der Waals surface area contributed by atoms with E-state index < -0.39 is 23.1 Å². The van der Waals surface area contributed by atoms with Crippen molar-refractivity contribution < 1.29 is 14.3 Å². The van der Waals surface area contributed by atoms with Crippen LogP contribution in [0.3, 0.4) is 0 Å². The predicted molar refractivity (Wildman–Crippen MR) is 106 cm³/mol. The van der Waals surface area contributed by atoms with Gasteiger partial charge in [-0.25, -0.2) is 4.39 Å². The molecule has 0 radical (unpaired) electrons. The summed E-state index contributed by atoms with van der Waals surface area (Å²) in [6, 6.07) is 16.6. The molecule has 0 aliphatic rings. The number of benzene rings is 2. The molecule has 0 bridgehead atoms. The Hall–Kier alpha value is -1.85. The molecule has 140 valence electrons. The normalized spacial score (nSPS) is 16.5. The molecule has 0 spiro atoms. The Kier molecular flexibility index (Phi) is 6.48. The van der Waals surface area contributed by atoms with Gasteiger partial charge in [0.05, 0.1) is 0 Å². The van der Waals surface area contributed by atoms with E-state index in [4.69, 9.17) is 5.73 Å². The lowest BCUT2D eigenvalue weighted by Crippen LogP contribution is -2.68. The molecule has 5 heteroatoms. The lowest BCUT2D eigenvalue weighted by molar-refractivity contribution is -0.153. The van der Waals surface area contributed by atoms with Crippen LogP contribution in [0, 0.1) is 5.92 Å². The second-order valence-corrected chi connectivity index (χ2v) is 7.22. The van der Waals surface area contributed by atoms with Gasteiger partial charge in [-0.05, 0) is 24.0 Å². The van der Waals surface area contributed by atoms with Gasteiger partial charge < -0.3 is 10.8 Å². The van der Waals surface area contributed by atoms with Gasteiger partial charge in [0.2, 0.25) is 0 Å². The minimum Gasteiger partial charge on any atom is -0.480 e. The number of nitrogens with two attached hydrogens (primary N) is 1. The molecule has 0 heterocycles. The summed E-state index contributed by atoms with van der Waals surface area (Å²) in [5.74, 6) is -2.04. The minimum absolute atomic E-state index is 0.228. The van der Waals surface area contributed by atoms with Crippen LogP contribution in [0.25, 0.3) is 0 Å². The molecule has 0 aliphatic carbocycles. The molecule has 0 saturated heterocycles. The molecule has 0 aliphatic heterocycles. The highest BCUT2D eigenvalue weighted by atomic mass is 32.1. The van der Waals surface area contributed by atoms with Crippen molar-refractivity contribution in [3.05, 3.63) is 71.8 Å². The number of hydrogen-bond donors (Lipinski definition) is 3. The van der Waals surface area contributed by atoms with Crippen molar-refractivity contribution in [1.29, 1.82) is 0 Å². The van der Waals surface area contributed by atoms with Gasteiger partial charge in [-0.3, -0.25) is 4.79 Å². The Labute approximate surface area is 159 Å². The highest BCUT2D eigenvalue weighted by Crippen LogP contribution is 2.48. The SMILES string of the molecule is CCC([C@@H](S)CC)C(N)(C(=O)O)C(F)(c1ccccc1)c1ccccc1. The summed E-state index contributed by atoms with van der Waals surface area (Å²) in [4.78, 5) is 12.4. The van der Waals surface area contributed by atoms with Gasteiger partial charge in [0.15, 0.2) is 11.2 Å². The van der Waals surface area contributed by atoms with Crippen molar-refractivity contribution in [2.75, 3.05) is 0 Å². The van der Waals surface area contributed by atoms with Crippen LogP contribution in [0.2, 0.25) is 0 Å². The van der Waals surface area contributed by atoms with E-state index in [0.29, 0.717) is 12.8 Å². The van der Waals surface area contributed by atoms with Crippen LogP contribution >= 0.6 is 12.6 Å². The van der Waals surface area contributed by atoms with Crippen LogP contribution in [0.4, 0.5) is 4.39 Å². The van der Waals surface area contributed by atoms with Gasteiger partial charge in [0.25, 0.3) is 0 Å². The van der Waals surface area contributed by atoms with Gasteiger partial charge in [-0.2, -0.15) is 12.6 Å². The van der Waals surface area contributed by atoms with Crippen LogP contribution in [0.15, 0.2) is 60.7 Å². The third-order valence-corrected chi connectivity index (χ3v) is 5.90. The zero-order valence-electron chi connectivity index (χ0n) is 15.1. The van der Waals surface area contributed by atoms with Crippen LogP contribution < -0.4 is 5.73 Å². The predicted octanol–water partition coefficient (Wildman–Crippen LogP) is 4.42. The molecular formula is C21H26FNO2S. The van der Waals surface area contributed by atoms with E-state index in [0.717, 1.165) is 0 Å². The maximum absolute atomic E-state index is 16.9. The summed E-state index contributed by atoms with van der Waals surface area (Å²) < 4.78 is 16.9. The molecule has 2 rings (SSSR count). The molecule has 2 unspecified atom stereocenters. The lowest BCUT2D eigenvalue weighted by atomic mass is 9.64. The molecule has 0 amide bonds. The standard InChI is InChI=1S/C21H26FNO2S/c1-3-17(18(26)4-2)21(23,19(24)25)20(22,15-11-7-5-8-12-15)16-13-9-6-10-14-16/h5-14,17-18,26H,3-4,23H2,1-2H3,(H,24,25)/t17?,18-,21?/m0/s1. The van der Waals surface area contributed by atoms with E-state index in [1.165, 1.54) is 0 Å². The maximum Gasteiger partial charge on any atom is 0.328 e. The van der Waals surface area contributed by atoms with Crippen molar-refractivity contribution in [2.45, 2.75) is 43.1 Å². The fourth-order valence-electron chi connectivity index (χ4n) is 3.72. The van der Waals surface area contributed by atoms with Crippen LogP contribution in [0.1, 0.15) is 37.8 Å². The highest BCUT2D eigenvalue weighted by molar-refractivity contribution is 7.81. The average Bonchev–Trinajstić information content (AvgIpc) is 2.68. The monoisotopic (exact) mass is 375 g/mol. The molecule has 3 atom stereocenters. The Morgan fingerprint density at radius 3 is 1.77 bits per heavy atom. The van der Waals surface area contributed by atoms with Crippen LogP contribution in [0.5, 0.6) is 0 Å². The van der Waals surface area contributed by atoms with Gasteiger partial charge in [-0.1, -0.05) is 74.5 Å². The molecule has 0 saturated carbocycles. The van der Waals surface area contributed by atoms with Gasteiger partial charge in [0.1, 0.15) is 0 Å². The third kappa shape index (κ3) is 3.26. The van der Waals surface area contributed by atoms with Crippen LogP contribution in [-0.2, 0) is 10.5 Å². The first-order chi connectivity index (χ1) is 12.3. The van der Waals surface area contributed by atoms with E-state index >= 15 is 4.39 Å². The lowest BCUT2D eigenvalue weighted by Gasteiger charge is -2.46. The molecule has 26 heavy (non-hydrogen) atoms. The van der Waals surface area contributed by atoms with E-state index in [9.17, 15) is 9.90 Å². The Bertz CT molecular complexity index is 686. The topological polar surface area (TPSA) is 63.3 Å². The fourth-order valence-corrected chi connectivity index (χ4v) is 4.17. The van der Waals surface area contributed by atoms with Gasteiger partial charge in [0, 0.05) is 11.2 Å². The number of hydrogen-bond acceptors (Lipinski definition) is 3. The molecular weight excluding hydrogens is 349 g/mol. The summed E-state index contributed by atoms with van der Waals surface area (Å²) in [6.07, 6.45) is 0.990. The van der Waals surface area contributed by atoms with Crippen molar-refractivity contribution >= 4 is 18.6 Å². The molecule has 0 fully saturated rings. The Balaban J connectivity index is 2.82. The summed E-state index contributed by atoms with van der Waals surface area (Å²) in [5, 5.41) is 9.79. The van der Waals surface area contributed by atoms with E-state index in [1.54, 1.807) is 60.7 Å². The zero-order valence-corrected chi connectivity index (χ0v) is 16.0. The molecule has 0 aromatic heterocycles. The van der Waals surface area contributed by atoms with Gasteiger partial charge >= 0.3 is 5.97 Å². The molecule has 2 aromatic rings. The number of carbonyl (C=O) groups is 1. The maximum atomic E-state index is 16.9. The smallest absolute Gasteiger partial charge is 0.328 e. The summed E-state index contributed by atoms with van der Waals surface area (Å²) in [6.45, 7) is 3.72. The number of thiol groups is 1. The Morgan fingerprint density at radius 1 is 1.04 bits per heavy atom. The molecule has 3 N–H and O–H groups in total. The van der Waals surface area contributed by atoms with Crippen molar-refractivity contribution in [2.24, 2.45) is 11.7 Å². The number of aliphatic carboxylic acids is 1. The van der Waals surface area contributed by atoms with E-state index in [-0.39, 0.29) is 16.4 Å². The number of carboxylic acids is 1. The average molecular weight is 376 g/mol. The quantitative estimate of drug-likeness (QED) is 0.599. The van der Waals surface area contributed by atoms with E-state index in [1.807, 2.05) is 13.8 Å². The Morgan fingerprint density at radius 2 is 1.46 bits per heavy atom. The summed E-state index contributed by atoms with van der Waals surface area (Å²) in [7, 11) is 0. The summed E-state index contributed by atoms with van der Waals surface area (Å²) >= 11 is 4.54. The first-order valence-corrected chi connectivity index (χ1v) is 9.35. The fraction of sp³-hybridized carbons (Fsp3) is 0.381.